The standard InChI is InChI=1S/C24H31N7S/c1-17-13-18(5-6-19(17)15-30-11-12-32-22(30)24(2,3)4)21-7-9-26-23(29-21)28-20-14-27-31(16-20)10-8-25/h5-7,9,11-14,16,22H,8,10,15,25H2,1-4H3,(H,26,28,29). The Morgan fingerprint density at radius 2 is 2.06 bits per heavy atom. The van der Waals surface area contributed by atoms with Crippen LogP contribution >= 0.6 is 11.8 Å². The van der Waals surface area contributed by atoms with Crippen LogP contribution in [0.25, 0.3) is 11.3 Å². The van der Waals surface area contributed by atoms with Gasteiger partial charge in [-0.05, 0) is 41.0 Å². The van der Waals surface area contributed by atoms with Crippen molar-refractivity contribution in [3.63, 3.8) is 0 Å². The Morgan fingerprint density at radius 3 is 2.81 bits per heavy atom. The third-order valence-electron chi connectivity index (χ3n) is 5.40. The van der Waals surface area contributed by atoms with Crippen LogP contribution in [-0.4, -0.2) is 36.6 Å². The smallest absolute Gasteiger partial charge is 0.227 e. The normalized spacial score (nSPS) is 16.0. The second kappa shape index (κ2) is 9.34. The monoisotopic (exact) mass is 449 g/mol. The largest absolute Gasteiger partial charge is 0.360 e. The quantitative estimate of drug-likeness (QED) is 0.539. The maximum atomic E-state index is 5.59. The first-order valence-corrected chi connectivity index (χ1v) is 11.8. The molecular weight excluding hydrogens is 418 g/mol. The summed E-state index contributed by atoms with van der Waals surface area (Å²) in [5.41, 5.74) is 11.2. The molecule has 3 aromatic rings. The zero-order chi connectivity index (χ0) is 22.7. The maximum Gasteiger partial charge on any atom is 0.227 e. The Bertz CT molecular complexity index is 1100. The number of aromatic nitrogens is 4. The van der Waals surface area contributed by atoms with Crippen molar-refractivity contribution in [1.29, 1.82) is 0 Å². The molecule has 0 aliphatic carbocycles. The number of nitrogens with two attached hydrogens (primary N) is 1. The van der Waals surface area contributed by atoms with Crippen molar-refractivity contribution < 1.29 is 0 Å². The van der Waals surface area contributed by atoms with Crippen molar-refractivity contribution in [3.05, 3.63) is 65.6 Å². The number of nitrogens with zero attached hydrogens (tertiary/aromatic N) is 5. The lowest BCUT2D eigenvalue weighted by atomic mass is 9.95. The average Bonchev–Trinajstić information content (AvgIpc) is 3.39. The summed E-state index contributed by atoms with van der Waals surface area (Å²) < 4.78 is 1.80. The van der Waals surface area contributed by atoms with Gasteiger partial charge in [0.15, 0.2) is 0 Å². The van der Waals surface area contributed by atoms with E-state index in [2.05, 4.69) is 77.8 Å². The maximum absolute atomic E-state index is 5.59. The van der Waals surface area contributed by atoms with E-state index in [1.165, 1.54) is 11.1 Å². The molecule has 7 nitrogen and oxygen atoms in total. The summed E-state index contributed by atoms with van der Waals surface area (Å²) in [5.74, 6) is 0.545. The molecule has 3 heterocycles. The van der Waals surface area contributed by atoms with Crippen molar-refractivity contribution in [1.82, 2.24) is 24.6 Å². The number of hydrogen-bond acceptors (Lipinski definition) is 7. The molecular formula is C24H31N7S. The molecule has 2 aromatic heterocycles. The first-order valence-electron chi connectivity index (χ1n) is 10.8. The predicted octanol–water partition coefficient (Wildman–Crippen LogP) is 4.74. The van der Waals surface area contributed by atoms with E-state index < -0.39 is 0 Å². The first-order chi connectivity index (χ1) is 15.3. The summed E-state index contributed by atoms with van der Waals surface area (Å²) in [4.78, 5) is 11.5. The molecule has 4 rings (SSSR count). The Kier molecular flexibility index (Phi) is 6.53. The van der Waals surface area contributed by atoms with Crippen molar-refractivity contribution in [2.45, 2.75) is 46.2 Å². The molecule has 1 aliphatic heterocycles. The van der Waals surface area contributed by atoms with Gasteiger partial charge in [0.1, 0.15) is 0 Å². The lowest BCUT2D eigenvalue weighted by Crippen LogP contribution is -2.35. The lowest BCUT2D eigenvalue weighted by Gasteiger charge is -2.35. The molecule has 1 atom stereocenters. The van der Waals surface area contributed by atoms with Gasteiger partial charge in [-0.1, -0.05) is 32.9 Å². The van der Waals surface area contributed by atoms with Gasteiger partial charge in [0.25, 0.3) is 0 Å². The molecule has 8 heteroatoms. The van der Waals surface area contributed by atoms with Crippen LogP contribution in [0.4, 0.5) is 11.6 Å². The van der Waals surface area contributed by atoms with Crippen LogP contribution in [0.3, 0.4) is 0 Å². The number of nitrogens with one attached hydrogen (secondary N) is 1. The van der Waals surface area contributed by atoms with Gasteiger partial charge < -0.3 is 16.0 Å². The Morgan fingerprint density at radius 1 is 1.22 bits per heavy atom. The number of hydrogen-bond donors (Lipinski definition) is 2. The SMILES string of the molecule is Cc1cc(-c2ccnc(Nc3cnn(CCN)c3)n2)ccc1CN1C=CSC1C(C)(C)C. The molecule has 0 amide bonds. The molecule has 0 radical (unpaired) electrons. The Balaban J connectivity index is 1.49. The van der Waals surface area contributed by atoms with Crippen molar-refractivity contribution in [2.75, 3.05) is 11.9 Å². The molecule has 3 N–H and O–H groups in total. The van der Waals surface area contributed by atoms with Crippen molar-refractivity contribution >= 4 is 23.4 Å². The van der Waals surface area contributed by atoms with Crippen LogP contribution in [0.1, 0.15) is 31.9 Å². The molecule has 0 saturated heterocycles. The molecule has 0 spiro atoms. The van der Waals surface area contributed by atoms with Crippen LogP contribution in [0.15, 0.2) is 54.5 Å². The van der Waals surface area contributed by atoms with E-state index in [0.717, 1.165) is 23.5 Å². The van der Waals surface area contributed by atoms with E-state index in [1.807, 2.05) is 24.0 Å². The Labute approximate surface area is 194 Å². The topological polar surface area (TPSA) is 84.9 Å². The molecule has 0 fully saturated rings. The summed E-state index contributed by atoms with van der Waals surface area (Å²) in [6, 6.07) is 8.51. The first kappa shape index (κ1) is 22.4. The number of thioether (sulfide) groups is 1. The van der Waals surface area contributed by atoms with Gasteiger partial charge in [-0.2, -0.15) is 5.10 Å². The number of benzene rings is 1. The molecule has 0 saturated carbocycles. The molecule has 1 aromatic carbocycles. The summed E-state index contributed by atoms with van der Waals surface area (Å²) >= 11 is 1.90. The highest BCUT2D eigenvalue weighted by Gasteiger charge is 2.31. The van der Waals surface area contributed by atoms with E-state index in [1.54, 1.807) is 17.1 Å². The lowest BCUT2D eigenvalue weighted by molar-refractivity contribution is 0.220. The summed E-state index contributed by atoms with van der Waals surface area (Å²) in [6.07, 6.45) is 7.64. The second-order valence-electron chi connectivity index (χ2n) is 9.12. The van der Waals surface area contributed by atoms with Crippen LogP contribution < -0.4 is 11.1 Å². The number of aryl methyl sites for hydroxylation is 1. The van der Waals surface area contributed by atoms with E-state index >= 15 is 0 Å². The van der Waals surface area contributed by atoms with Gasteiger partial charge in [-0.15, -0.1) is 11.8 Å². The van der Waals surface area contributed by atoms with E-state index in [-0.39, 0.29) is 5.41 Å². The molecule has 32 heavy (non-hydrogen) atoms. The van der Waals surface area contributed by atoms with Crippen molar-refractivity contribution in [3.8, 4) is 11.3 Å². The van der Waals surface area contributed by atoms with E-state index in [9.17, 15) is 0 Å². The van der Waals surface area contributed by atoms with Gasteiger partial charge in [0, 0.05) is 37.2 Å². The molecule has 1 unspecified atom stereocenters. The van der Waals surface area contributed by atoms with E-state index in [4.69, 9.17) is 10.7 Å². The van der Waals surface area contributed by atoms with Crippen LogP contribution in [0, 0.1) is 12.3 Å². The van der Waals surface area contributed by atoms with Gasteiger partial charge in [-0.25, -0.2) is 9.97 Å². The zero-order valence-corrected chi connectivity index (χ0v) is 19.9. The molecule has 168 valence electrons. The minimum Gasteiger partial charge on any atom is -0.360 e. The minimum absolute atomic E-state index is 0.215. The highest BCUT2D eigenvalue weighted by molar-refractivity contribution is 8.02. The molecule has 0 bridgehead atoms. The van der Waals surface area contributed by atoms with Crippen LogP contribution in [0.2, 0.25) is 0 Å². The third-order valence-corrected chi connectivity index (χ3v) is 6.91. The highest BCUT2D eigenvalue weighted by Crippen LogP contribution is 2.39. The van der Waals surface area contributed by atoms with Gasteiger partial charge >= 0.3 is 0 Å². The van der Waals surface area contributed by atoms with Crippen molar-refractivity contribution in [2.24, 2.45) is 11.1 Å². The fraction of sp³-hybridized carbons (Fsp3) is 0.375. The van der Waals surface area contributed by atoms with Gasteiger partial charge in [-0.3, -0.25) is 4.68 Å². The highest BCUT2D eigenvalue weighted by atomic mass is 32.2. The zero-order valence-electron chi connectivity index (χ0n) is 19.1. The van der Waals surface area contributed by atoms with E-state index in [0.29, 0.717) is 24.4 Å². The number of rotatable bonds is 7. The summed E-state index contributed by atoms with van der Waals surface area (Å²) in [7, 11) is 0. The predicted molar refractivity (Wildman–Crippen MR) is 132 cm³/mol. The average molecular weight is 450 g/mol. The number of anilines is 2. The fourth-order valence-electron chi connectivity index (χ4n) is 3.80. The van der Waals surface area contributed by atoms with Gasteiger partial charge in [0.05, 0.1) is 29.5 Å². The van der Waals surface area contributed by atoms with Crippen LogP contribution in [-0.2, 0) is 13.1 Å². The minimum atomic E-state index is 0.215. The second-order valence-corrected chi connectivity index (χ2v) is 10.1. The summed E-state index contributed by atoms with van der Waals surface area (Å²) in [6.45, 7) is 11.2. The molecule has 1 aliphatic rings. The third kappa shape index (κ3) is 5.14. The summed E-state index contributed by atoms with van der Waals surface area (Å²) in [5, 5.41) is 10.2. The Hall–Kier alpha value is -2.84. The van der Waals surface area contributed by atoms with Gasteiger partial charge in [0.2, 0.25) is 5.95 Å². The van der Waals surface area contributed by atoms with Crippen LogP contribution in [0.5, 0.6) is 0 Å². The fourth-order valence-corrected chi connectivity index (χ4v) is 4.89.